The third-order valence-electron chi connectivity index (χ3n) is 9.21. The number of ether oxygens (including phenoxy) is 2. The van der Waals surface area contributed by atoms with Gasteiger partial charge in [-0.2, -0.15) is 0 Å². The molecule has 0 amide bonds. The molecule has 0 aromatic heterocycles. The van der Waals surface area contributed by atoms with Crippen LogP contribution in [0, 0.1) is 27.6 Å². The zero-order valence-corrected chi connectivity index (χ0v) is 21.5. The Balaban J connectivity index is 2.32. The fraction of sp³-hybridized carbons (Fsp3) is 0.667. The van der Waals surface area contributed by atoms with Crippen molar-refractivity contribution >= 4 is 29.8 Å². The lowest BCUT2D eigenvalue weighted by molar-refractivity contribution is -0.180. The summed E-state index contributed by atoms with van der Waals surface area (Å²) in [6, 6.07) is 0. The minimum absolute atomic E-state index is 0.177. The summed E-state index contributed by atoms with van der Waals surface area (Å²) in [5.41, 5.74) is -2.58. The lowest BCUT2D eigenvalue weighted by Gasteiger charge is -2.63. The molecule has 3 aliphatic rings. The number of Topliss-reactive ketones (excluding diaryl/α,β-unsaturated/α-hetero) is 2. The minimum atomic E-state index is -1.83. The van der Waals surface area contributed by atoms with Crippen molar-refractivity contribution in [1.29, 1.82) is 0 Å². The lowest BCUT2D eigenvalue weighted by Crippen LogP contribution is -2.65. The molecular weight excluding hydrogens is 436 g/mol. The molecule has 3 rings (SSSR count). The molecule has 0 spiro atoms. The Bertz CT molecular complexity index is 1030. The second-order valence-corrected chi connectivity index (χ2v) is 11.0. The Morgan fingerprint density at radius 1 is 1.03 bits per heavy atom. The van der Waals surface area contributed by atoms with Crippen molar-refractivity contribution < 1.29 is 33.4 Å². The Hall–Kier alpha value is -2.57. The number of rotatable bonds is 5. The number of hydrogen-bond acceptors (Lipinski definition) is 7. The van der Waals surface area contributed by atoms with E-state index in [9.17, 15) is 24.0 Å². The highest BCUT2D eigenvalue weighted by molar-refractivity contribution is 6.43. The third kappa shape index (κ3) is 3.11. The van der Waals surface area contributed by atoms with Crippen LogP contribution in [0.15, 0.2) is 22.8 Å². The van der Waals surface area contributed by atoms with E-state index in [1.807, 2.05) is 26.8 Å². The van der Waals surface area contributed by atoms with Gasteiger partial charge in [0.1, 0.15) is 12.4 Å². The predicted molar refractivity (Wildman–Crippen MR) is 124 cm³/mol. The van der Waals surface area contributed by atoms with Gasteiger partial charge in [-0.3, -0.25) is 19.2 Å². The van der Waals surface area contributed by atoms with Crippen molar-refractivity contribution in [1.82, 2.24) is 0 Å². The molecule has 3 aliphatic carbocycles. The highest BCUT2D eigenvalue weighted by Gasteiger charge is 2.71. The maximum atomic E-state index is 13.6. The van der Waals surface area contributed by atoms with Gasteiger partial charge in [-0.1, -0.05) is 32.4 Å². The quantitative estimate of drug-likeness (QED) is 0.258. The van der Waals surface area contributed by atoms with Crippen LogP contribution < -0.4 is 0 Å². The Morgan fingerprint density at radius 2 is 1.65 bits per heavy atom. The van der Waals surface area contributed by atoms with Gasteiger partial charge >= 0.3 is 11.9 Å². The predicted octanol–water partition coefficient (Wildman–Crippen LogP) is 3.93. The number of hydrogen-bond donors (Lipinski definition) is 0. The maximum Gasteiger partial charge on any atom is 0.324 e. The molecule has 0 radical (unpaired) electrons. The molecule has 7 heteroatoms. The van der Waals surface area contributed by atoms with Crippen molar-refractivity contribution in [2.75, 3.05) is 7.11 Å². The minimum Gasteiger partial charge on any atom is -0.468 e. The molecule has 0 saturated heterocycles. The first-order valence-electron chi connectivity index (χ1n) is 11.9. The second kappa shape index (κ2) is 8.28. The fourth-order valence-corrected chi connectivity index (χ4v) is 7.48. The smallest absolute Gasteiger partial charge is 0.324 e. The van der Waals surface area contributed by atoms with Crippen LogP contribution in [-0.2, 0) is 33.4 Å². The molecule has 34 heavy (non-hydrogen) atoms. The highest BCUT2D eigenvalue weighted by atomic mass is 16.5. The monoisotopic (exact) mass is 472 g/mol. The number of aldehydes is 1. The number of fused-ring (bicyclic) bond motifs is 3. The molecule has 0 aliphatic heterocycles. The van der Waals surface area contributed by atoms with Crippen molar-refractivity contribution in [3.63, 3.8) is 0 Å². The number of allylic oxidation sites excluding steroid dienone is 3. The Kier molecular flexibility index (Phi) is 6.34. The molecule has 2 fully saturated rings. The van der Waals surface area contributed by atoms with Crippen LogP contribution in [0.2, 0.25) is 0 Å². The van der Waals surface area contributed by atoms with Gasteiger partial charge in [0.05, 0.1) is 12.5 Å². The van der Waals surface area contributed by atoms with Crippen LogP contribution in [-0.4, -0.2) is 43.0 Å². The zero-order chi connectivity index (χ0) is 25.9. The molecule has 0 N–H and O–H groups in total. The van der Waals surface area contributed by atoms with Crippen molar-refractivity contribution in [2.45, 2.75) is 80.3 Å². The molecule has 2 saturated carbocycles. The van der Waals surface area contributed by atoms with E-state index >= 15 is 0 Å². The van der Waals surface area contributed by atoms with Crippen LogP contribution in [0.1, 0.15) is 74.1 Å². The first-order chi connectivity index (χ1) is 15.7. The summed E-state index contributed by atoms with van der Waals surface area (Å²) in [6.07, 6.45) is 4.36. The first kappa shape index (κ1) is 26.0. The molecule has 0 aromatic carbocycles. The van der Waals surface area contributed by atoms with Gasteiger partial charge in [0.25, 0.3) is 0 Å². The Morgan fingerprint density at radius 3 is 2.15 bits per heavy atom. The van der Waals surface area contributed by atoms with E-state index in [1.165, 1.54) is 21.0 Å². The molecule has 0 bridgehead atoms. The van der Waals surface area contributed by atoms with Crippen molar-refractivity contribution in [3.05, 3.63) is 22.8 Å². The molecule has 5 atom stereocenters. The fourth-order valence-electron chi connectivity index (χ4n) is 7.48. The highest BCUT2D eigenvalue weighted by Crippen LogP contribution is 2.70. The van der Waals surface area contributed by atoms with Gasteiger partial charge in [-0.15, -0.1) is 0 Å². The average molecular weight is 473 g/mol. The summed E-state index contributed by atoms with van der Waals surface area (Å²) in [6.45, 7) is 11.9. The summed E-state index contributed by atoms with van der Waals surface area (Å²) in [5, 5.41) is 0. The van der Waals surface area contributed by atoms with E-state index in [2.05, 4.69) is 0 Å². The topological polar surface area (TPSA) is 104 Å². The number of ketones is 2. The van der Waals surface area contributed by atoms with Gasteiger partial charge in [0.15, 0.2) is 11.2 Å². The van der Waals surface area contributed by atoms with Crippen LogP contribution in [0.25, 0.3) is 0 Å². The van der Waals surface area contributed by atoms with Gasteiger partial charge in [0.2, 0.25) is 5.78 Å². The largest absolute Gasteiger partial charge is 0.468 e. The summed E-state index contributed by atoms with van der Waals surface area (Å²) in [4.78, 5) is 64.4. The standard InChI is InChI=1S/C27H36O7/c1-15-13-20-25(7,27(16(15)2,23(32)33-8)22(31)17(3)29)11-9-19-24(5,6)21(34-18(4)30)10-12-26(19,20)14-28/h13-14,19,21H,9-12H2,1-8H3. The van der Waals surface area contributed by atoms with Gasteiger partial charge in [-0.25, -0.2) is 0 Å². The van der Waals surface area contributed by atoms with Crippen LogP contribution in [0.3, 0.4) is 0 Å². The van der Waals surface area contributed by atoms with E-state index in [-0.39, 0.29) is 18.0 Å². The van der Waals surface area contributed by atoms with Crippen molar-refractivity contribution in [2.24, 2.45) is 27.6 Å². The van der Waals surface area contributed by atoms with Crippen LogP contribution in [0.4, 0.5) is 0 Å². The lowest BCUT2D eigenvalue weighted by atomic mass is 9.38. The van der Waals surface area contributed by atoms with E-state index in [4.69, 9.17) is 9.47 Å². The first-order valence-corrected chi connectivity index (χ1v) is 11.9. The third-order valence-corrected chi connectivity index (χ3v) is 9.21. The summed E-state index contributed by atoms with van der Waals surface area (Å²) >= 11 is 0. The SMILES string of the molecule is COC(=O)C1(C(=O)C(C)=O)C(C)=C(C)C=C2C3(C=O)CCC(OC(C)=O)C(C)(C)C3CCC21C. The molecule has 7 nitrogen and oxygen atoms in total. The normalized spacial score (nSPS) is 36.4. The van der Waals surface area contributed by atoms with Gasteiger partial charge in [-0.05, 0) is 56.6 Å². The van der Waals surface area contributed by atoms with E-state index in [0.717, 1.165) is 6.29 Å². The summed E-state index contributed by atoms with van der Waals surface area (Å²) < 4.78 is 10.8. The van der Waals surface area contributed by atoms with Gasteiger partial charge in [0, 0.05) is 24.7 Å². The zero-order valence-electron chi connectivity index (χ0n) is 21.5. The number of methoxy groups -OCH3 is 1. The summed E-state index contributed by atoms with van der Waals surface area (Å²) in [5.74, 6) is -2.84. The van der Waals surface area contributed by atoms with E-state index in [1.54, 1.807) is 13.8 Å². The Labute approximate surface area is 201 Å². The van der Waals surface area contributed by atoms with E-state index < -0.39 is 39.2 Å². The molecule has 0 heterocycles. The number of carbonyl (C=O) groups excluding carboxylic acids is 5. The molecular formula is C27H36O7. The average Bonchev–Trinajstić information content (AvgIpc) is 2.76. The molecule has 186 valence electrons. The molecule has 0 aromatic rings. The van der Waals surface area contributed by atoms with Crippen LogP contribution in [0.5, 0.6) is 0 Å². The van der Waals surface area contributed by atoms with E-state index in [0.29, 0.717) is 42.4 Å². The maximum absolute atomic E-state index is 13.6. The van der Waals surface area contributed by atoms with Crippen molar-refractivity contribution in [3.8, 4) is 0 Å². The van der Waals surface area contributed by atoms with Crippen LogP contribution >= 0.6 is 0 Å². The molecule has 5 unspecified atom stereocenters. The number of carbonyl (C=O) groups is 5. The number of esters is 2. The summed E-state index contributed by atoms with van der Waals surface area (Å²) in [7, 11) is 1.22. The van der Waals surface area contributed by atoms with Gasteiger partial charge < -0.3 is 14.3 Å². The second-order valence-electron chi connectivity index (χ2n) is 11.0.